The van der Waals surface area contributed by atoms with Crippen molar-refractivity contribution in [1.82, 2.24) is 15.5 Å². The summed E-state index contributed by atoms with van der Waals surface area (Å²) < 4.78 is 1.21. The first-order valence-corrected chi connectivity index (χ1v) is 7.00. The van der Waals surface area contributed by atoms with Crippen LogP contribution < -0.4 is 5.32 Å². The predicted octanol–water partition coefficient (Wildman–Crippen LogP) is 2.45. The van der Waals surface area contributed by atoms with Crippen molar-refractivity contribution < 1.29 is 5.11 Å². The molecule has 1 aromatic carbocycles. The van der Waals surface area contributed by atoms with E-state index in [1.807, 2.05) is 18.2 Å². The first-order valence-electron chi connectivity index (χ1n) is 6.18. The average Bonchev–Trinajstić information content (AvgIpc) is 3.07. The Hall–Kier alpha value is -1.69. The van der Waals surface area contributed by atoms with Crippen LogP contribution >= 0.6 is 11.3 Å². The summed E-state index contributed by atoms with van der Waals surface area (Å²) in [5, 5.41) is 21.3. The van der Waals surface area contributed by atoms with Crippen LogP contribution in [0.3, 0.4) is 0 Å². The van der Waals surface area contributed by atoms with E-state index in [0.29, 0.717) is 13.1 Å². The molecule has 0 bridgehead atoms. The van der Waals surface area contributed by atoms with Gasteiger partial charge in [0.05, 0.1) is 0 Å². The molecule has 0 saturated heterocycles. The maximum Gasteiger partial charge on any atom is 0.101 e. The number of nitrogens with zero attached hydrogens (tertiary/aromatic N) is 1. The molecule has 0 fully saturated rings. The monoisotopic (exact) mass is 273 g/mol. The maximum atomic E-state index is 10.2. The summed E-state index contributed by atoms with van der Waals surface area (Å²) in [4.78, 5) is 0.998. The number of hydrogen-bond donors (Lipinski definition) is 3. The minimum absolute atomic E-state index is 0.472. The van der Waals surface area contributed by atoms with E-state index in [0.717, 1.165) is 10.6 Å². The molecule has 0 amide bonds. The van der Waals surface area contributed by atoms with Crippen LogP contribution in [0.15, 0.2) is 42.6 Å². The van der Waals surface area contributed by atoms with Crippen molar-refractivity contribution in [2.75, 3.05) is 6.54 Å². The van der Waals surface area contributed by atoms with Gasteiger partial charge in [0.1, 0.15) is 6.10 Å². The highest BCUT2D eigenvalue weighted by atomic mass is 32.1. The minimum Gasteiger partial charge on any atom is -0.386 e. The average molecular weight is 273 g/mol. The Kier molecular flexibility index (Phi) is 3.59. The van der Waals surface area contributed by atoms with Gasteiger partial charge in [-0.25, -0.2) is 0 Å². The normalized spacial score (nSPS) is 12.9. The number of fused-ring (bicyclic) bond motifs is 1. The Morgan fingerprint density at radius 1 is 1.32 bits per heavy atom. The van der Waals surface area contributed by atoms with Gasteiger partial charge in [-0.3, -0.25) is 5.10 Å². The quantitative estimate of drug-likeness (QED) is 0.669. The van der Waals surface area contributed by atoms with Gasteiger partial charge < -0.3 is 10.4 Å². The Balaban J connectivity index is 1.61. The molecule has 0 saturated carbocycles. The zero-order valence-electron chi connectivity index (χ0n) is 10.3. The fourth-order valence-electron chi connectivity index (χ4n) is 1.99. The third kappa shape index (κ3) is 2.84. The lowest BCUT2D eigenvalue weighted by molar-refractivity contribution is 0.178. The van der Waals surface area contributed by atoms with Gasteiger partial charge in [-0.1, -0.05) is 18.2 Å². The van der Waals surface area contributed by atoms with Crippen LogP contribution in [0, 0.1) is 0 Å². The smallest absolute Gasteiger partial charge is 0.101 e. The van der Waals surface area contributed by atoms with Gasteiger partial charge in [0.25, 0.3) is 0 Å². The summed E-state index contributed by atoms with van der Waals surface area (Å²) in [6.07, 6.45) is 1.25. The SMILES string of the molecule is OC(CNCc1ccn[nH]1)c1cc2ccccc2s1. The molecule has 0 aliphatic heterocycles. The van der Waals surface area contributed by atoms with Gasteiger partial charge in [-0.2, -0.15) is 5.10 Å². The minimum atomic E-state index is -0.472. The molecular formula is C14H15N3OS. The molecule has 3 aromatic rings. The number of hydrogen-bond acceptors (Lipinski definition) is 4. The summed E-state index contributed by atoms with van der Waals surface area (Å²) in [5.41, 5.74) is 1.02. The highest BCUT2D eigenvalue weighted by Crippen LogP contribution is 2.29. The number of thiophene rings is 1. The summed E-state index contributed by atoms with van der Waals surface area (Å²) in [5.74, 6) is 0. The van der Waals surface area contributed by atoms with Gasteiger partial charge in [0.2, 0.25) is 0 Å². The maximum absolute atomic E-state index is 10.2. The Morgan fingerprint density at radius 2 is 2.21 bits per heavy atom. The van der Waals surface area contributed by atoms with E-state index in [1.54, 1.807) is 17.5 Å². The third-order valence-electron chi connectivity index (χ3n) is 2.98. The van der Waals surface area contributed by atoms with Crippen molar-refractivity contribution in [1.29, 1.82) is 0 Å². The fraction of sp³-hybridized carbons (Fsp3) is 0.214. The summed E-state index contributed by atoms with van der Waals surface area (Å²) in [6.45, 7) is 1.22. The molecular weight excluding hydrogens is 258 g/mol. The van der Waals surface area contributed by atoms with E-state index in [1.165, 1.54) is 10.1 Å². The fourth-order valence-corrected chi connectivity index (χ4v) is 3.04. The van der Waals surface area contributed by atoms with E-state index < -0.39 is 6.10 Å². The second-order valence-electron chi connectivity index (χ2n) is 4.42. The molecule has 0 aliphatic carbocycles. The van der Waals surface area contributed by atoms with Crippen molar-refractivity contribution >= 4 is 21.4 Å². The number of aliphatic hydroxyl groups excluding tert-OH is 1. The van der Waals surface area contributed by atoms with Crippen molar-refractivity contribution in [3.05, 3.63) is 53.2 Å². The zero-order valence-corrected chi connectivity index (χ0v) is 11.2. The zero-order chi connectivity index (χ0) is 13.1. The summed E-state index contributed by atoms with van der Waals surface area (Å²) in [7, 11) is 0. The molecule has 1 unspecified atom stereocenters. The topological polar surface area (TPSA) is 60.9 Å². The number of aromatic nitrogens is 2. The van der Waals surface area contributed by atoms with E-state index in [4.69, 9.17) is 0 Å². The highest BCUT2D eigenvalue weighted by molar-refractivity contribution is 7.19. The second-order valence-corrected chi connectivity index (χ2v) is 5.53. The van der Waals surface area contributed by atoms with Gasteiger partial charge in [-0.15, -0.1) is 11.3 Å². The number of aromatic amines is 1. The first kappa shape index (κ1) is 12.3. The number of aliphatic hydroxyl groups is 1. The van der Waals surface area contributed by atoms with Crippen molar-refractivity contribution in [3.8, 4) is 0 Å². The van der Waals surface area contributed by atoms with Gasteiger partial charge in [0, 0.05) is 34.6 Å². The molecule has 2 heterocycles. The molecule has 98 valence electrons. The molecule has 3 rings (SSSR count). The van der Waals surface area contributed by atoms with Crippen LogP contribution in [0.5, 0.6) is 0 Å². The second kappa shape index (κ2) is 5.52. The van der Waals surface area contributed by atoms with Crippen LogP contribution in [-0.2, 0) is 6.54 Å². The number of nitrogens with one attached hydrogen (secondary N) is 2. The third-order valence-corrected chi connectivity index (χ3v) is 4.20. The molecule has 4 nitrogen and oxygen atoms in total. The van der Waals surface area contributed by atoms with Crippen LogP contribution in [0.2, 0.25) is 0 Å². The summed E-state index contributed by atoms with van der Waals surface area (Å²) >= 11 is 1.64. The summed E-state index contributed by atoms with van der Waals surface area (Å²) in [6, 6.07) is 12.2. The Morgan fingerprint density at radius 3 is 3.00 bits per heavy atom. The number of benzene rings is 1. The van der Waals surface area contributed by atoms with E-state index in [9.17, 15) is 5.11 Å². The van der Waals surface area contributed by atoms with E-state index in [2.05, 4.69) is 33.7 Å². The first-order chi connectivity index (χ1) is 9.33. The molecule has 1 atom stereocenters. The van der Waals surface area contributed by atoms with Crippen molar-refractivity contribution in [2.24, 2.45) is 0 Å². The number of rotatable bonds is 5. The van der Waals surface area contributed by atoms with Crippen molar-refractivity contribution in [3.63, 3.8) is 0 Å². The standard InChI is InChI=1S/C14H15N3OS/c18-12(9-15-8-11-5-6-16-17-11)14-7-10-3-1-2-4-13(10)19-14/h1-7,12,15,18H,8-9H2,(H,16,17). The predicted molar refractivity (Wildman–Crippen MR) is 77.1 cm³/mol. The highest BCUT2D eigenvalue weighted by Gasteiger charge is 2.10. The van der Waals surface area contributed by atoms with Crippen molar-refractivity contribution in [2.45, 2.75) is 12.6 Å². The van der Waals surface area contributed by atoms with E-state index in [-0.39, 0.29) is 0 Å². The lowest BCUT2D eigenvalue weighted by Gasteiger charge is -2.09. The van der Waals surface area contributed by atoms with Gasteiger partial charge in [0.15, 0.2) is 0 Å². The molecule has 2 aromatic heterocycles. The molecule has 0 aliphatic rings. The van der Waals surface area contributed by atoms with Crippen LogP contribution in [0.25, 0.3) is 10.1 Å². The van der Waals surface area contributed by atoms with Crippen LogP contribution in [0.1, 0.15) is 16.7 Å². The Bertz CT molecular complexity index is 615. The van der Waals surface area contributed by atoms with Gasteiger partial charge >= 0.3 is 0 Å². The van der Waals surface area contributed by atoms with E-state index >= 15 is 0 Å². The Labute approximate surface area is 115 Å². The van der Waals surface area contributed by atoms with Crippen LogP contribution in [-0.4, -0.2) is 21.8 Å². The molecule has 3 N–H and O–H groups in total. The molecule has 0 radical (unpaired) electrons. The molecule has 0 spiro atoms. The van der Waals surface area contributed by atoms with Crippen LogP contribution in [0.4, 0.5) is 0 Å². The lowest BCUT2D eigenvalue weighted by atomic mass is 10.2. The molecule has 5 heteroatoms. The molecule has 19 heavy (non-hydrogen) atoms. The number of H-pyrrole nitrogens is 1. The van der Waals surface area contributed by atoms with Gasteiger partial charge in [-0.05, 0) is 23.6 Å². The largest absolute Gasteiger partial charge is 0.386 e. The lowest BCUT2D eigenvalue weighted by Crippen LogP contribution is -2.20.